The first-order chi connectivity index (χ1) is 13.1. The van der Waals surface area contributed by atoms with E-state index in [1.54, 1.807) is 12.4 Å². The van der Waals surface area contributed by atoms with E-state index in [1.807, 2.05) is 62.4 Å². The fraction of sp³-hybridized carbons (Fsp3) is 0.136. The number of carbonyl (C=O) groups is 1. The monoisotopic (exact) mass is 357 g/mol. The van der Waals surface area contributed by atoms with Crippen LogP contribution < -0.4 is 5.32 Å². The van der Waals surface area contributed by atoms with Gasteiger partial charge in [-0.05, 0) is 56.3 Å². The second-order valence-electron chi connectivity index (χ2n) is 6.51. The standard InChI is InChI=1S/C22H19N3O2/c1-14-5-8-20-18(10-14)19(11-21(25-20)16-4-3-9-23-12-16)22(26)24-13-17-7-6-15(2)27-17/h3-12H,13H2,1-2H3,(H,24,26). The highest BCUT2D eigenvalue weighted by atomic mass is 16.3. The molecule has 5 nitrogen and oxygen atoms in total. The molecule has 3 heterocycles. The van der Waals surface area contributed by atoms with Gasteiger partial charge in [0.15, 0.2) is 0 Å². The van der Waals surface area contributed by atoms with Crippen LogP contribution in [0.4, 0.5) is 0 Å². The van der Waals surface area contributed by atoms with Gasteiger partial charge >= 0.3 is 0 Å². The Kier molecular flexibility index (Phi) is 4.42. The van der Waals surface area contributed by atoms with Crippen molar-refractivity contribution in [3.8, 4) is 11.3 Å². The number of rotatable bonds is 4. The molecule has 0 aliphatic carbocycles. The van der Waals surface area contributed by atoms with Crippen molar-refractivity contribution in [1.82, 2.24) is 15.3 Å². The van der Waals surface area contributed by atoms with Crippen LogP contribution in [0.5, 0.6) is 0 Å². The quantitative estimate of drug-likeness (QED) is 0.586. The van der Waals surface area contributed by atoms with Crippen LogP contribution in [0.2, 0.25) is 0 Å². The van der Waals surface area contributed by atoms with Crippen LogP contribution in [-0.2, 0) is 6.54 Å². The van der Waals surface area contributed by atoms with Gasteiger partial charge in [-0.2, -0.15) is 0 Å². The average molecular weight is 357 g/mol. The van der Waals surface area contributed by atoms with Crippen molar-refractivity contribution >= 4 is 16.8 Å². The lowest BCUT2D eigenvalue weighted by Gasteiger charge is -2.11. The molecule has 1 N–H and O–H groups in total. The van der Waals surface area contributed by atoms with Crippen molar-refractivity contribution in [2.24, 2.45) is 0 Å². The smallest absolute Gasteiger partial charge is 0.252 e. The third-order valence-corrected chi connectivity index (χ3v) is 4.39. The van der Waals surface area contributed by atoms with Crippen molar-refractivity contribution in [2.75, 3.05) is 0 Å². The van der Waals surface area contributed by atoms with Gasteiger partial charge in [-0.3, -0.25) is 9.78 Å². The first kappa shape index (κ1) is 17.0. The molecule has 0 unspecified atom stereocenters. The molecular formula is C22H19N3O2. The molecule has 0 bridgehead atoms. The van der Waals surface area contributed by atoms with Crippen LogP contribution in [0, 0.1) is 13.8 Å². The van der Waals surface area contributed by atoms with Gasteiger partial charge in [-0.15, -0.1) is 0 Å². The molecule has 0 aliphatic heterocycles. The summed E-state index contributed by atoms with van der Waals surface area (Å²) in [6.45, 7) is 4.22. The van der Waals surface area contributed by atoms with Gasteiger partial charge in [0.25, 0.3) is 5.91 Å². The zero-order chi connectivity index (χ0) is 18.8. The largest absolute Gasteiger partial charge is 0.465 e. The second-order valence-corrected chi connectivity index (χ2v) is 6.51. The highest BCUT2D eigenvalue weighted by Crippen LogP contribution is 2.25. The van der Waals surface area contributed by atoms with E-state index in [-0.39, 0.29) is 5.91 Å². The van der Waals surface area contributed by atoms with Gasteiger partial charge in [0.2, 0.25) is 0 Å². The lowest BCUT2D eigenvalue weighted by molar-refractivity contribution is 0.0949. The number of hydrogen-bond donors (Lipinski definition) is 1. The predicted molar refractivity (Wildman–Crippen MR) is 104 cm³/mol. The Hall–Kier alpha value is -3.47. The zero-order valence-corrected chi connectivity index (χ0v) is 15.2. The van der Waals surface area contributed by atoms with Crippen LogP contribution in [-0.4, -0.2) is 15.9 Å². The Morgan fingerprint density at radius 2 is 2.00 bits per heavy atom. The molecule has 0 saturated heterocycles. The number of fused-ring (bicyclic) bond motifs is 1. The number of furan rings is 1. The maximum atomic E-state index is 12.9. The van der Waals surface area contributed by atoms with E-state index in [4.69, 9.17) is 9.40 Å². The Labute approximate surface area is 157 Å². The minimum Gasteiger partial charge on any atom is -0.465 e. The van der Waals surface area contributed by atoms with Gasteiger partial charge in [0.05, 0.1) is 23.3 Å². The van der Waals surface area contributed by atoms with E-state index < -0.39 is 0 Å². The summed E-state index contributed by atoms with van der Waals surface area (Å²) in [6.07, 6.45) is 3.46. The van der Waals surface area contributed by atoms with Crippen molar-refractivity contribution in [3.63, 3.8) is 0 Å². The van der Waals surface area contributed by atoms with Crippen molar-refractivity contribution in [3.05, 3.63) is 83.6 Å². The van der Waals surface area contributed by atoms with E-state index >= 15 is 0 Å². The summed E-state index contributed by atoms with van der Waals surface area (Å²) in [4.78, 5) is 21.8. The second kappa shape index (κ2) is 7.03. The van der Waals surface area contributed by atoms with Crippen LogP contribution in [0.3, 0.4) is 0 Å². The third kappa shape index (κ3) is 3.58. The van der Waals surface area contributed by atoms with Crippen molar-refractivity contribution in [1.29, 1.82) is 0 Å². The van der Waals surface area contributed by atoms with Gasteiger partial charge < -0.3 is 9.73 Å². The SMILES string of the molecule is Cc1ccc2nc(-c3cccnc3)cc(C(=O)NCc3ccc(C)o3)c2c1. The number of carbonyl (C=O) groups excluding carboxylic acids is 1. The fourth-order valence-corrected chi connectivity index (χ4v) is 3.03. The average Bonchev–Trinajstić information content (AvgIpc) is 3.11. The molecule has 5 heteroatoms. The zero-order valence-electron chi connectivity index (χ0n) is 15.2. The van der Waals surface area contributed by atoms with Gasteiger partial charge in [0.1, 0.15) is 11.5 Å². The van der Waals surface area contributed by atoms with Crippen LogP contribution in [0.1, 0.15) is 27.4 Å². The number of amides is 1. The molecule has 0 fully saturated rings. The van der Waals surface area contributed by atoms with Crippen molar-refractivity contribution in [2.45, 2.75) is 20.4 Å². The molecule has 134 valence electrons. The summed E-state index contributed by atoms with van der Waals surface area (Å²) in [7, 11) is 0. The number of benzene rings is 1. The molecule has 0 atom stereocenters. The highest BCUT2D eigenvalue weighted by Gasteiger charge is 2.15. The highest BCUT2D eigenvalue weighted by molar-refractivity contribution is 6.07. The fourth-order valence-electron chi connectivity index (χ4n) is 3.03. The minimum absolute atomic E-state index is 0.160. The van der Waals surface area contributed by atoms with E-state index in [0.29, 0.717) is 12.1 Å². The molecule has 3 aromatic heterocycles. The number of nitrogens with one attached hydrogen (secondary N) is 1. The van der Waals surface area contributed by atoms with Gasteiger partial charge in [-0.1, -0.05) is 11.6 Å². The summed E-state index contributed by atoms with van der Waals surface area (Å²) in [5, 5.41) is 3.77. The van der Waals surface area contributed by atoms with Crippen molar-refractivity contribution < 1.29 is 9.21 Å². The lowest BCUT2D eigenvalue weighted by Crippen LogP contribution is -2.23. The van der Waals surface area contributed by atoms with E-state index in [1.165, 1.54) is 0 Å². The van der Waals surface area contributed by atoms with E-state index in [9.17, 15) is 4.79 Å². The van der Waals surface area contributed by atoms with Gasteiger partial charge in [-0.25, -0.2) is 4.98 Å². The first-order valence-electron chi connectivity index (χ1n) is 8.75. The lowest BCUT2D eigenvalue weighted by atomic mass is 10.0. The normalized spacial score (nSPS) is 10.9. The van der Waals surface area contributed by atoms with Crippen LogP contribution in [0.25, 0.3) is 22.2 Å². The molecule has 1 amide bonds. The topological polar surface area (TPSA) is 68.0 Å². The Bertz CT molecular complexity index is 1120. The number of aryl methyl sites for hydroxylation is 2. The Morgan fingerprint density at radius 1 is 1.11 bits per heavy atom. The van der Waals surface area contributed by atoms with Crippen LogP contribution in [0.15, 0.2) is 65.3 Å². The van der Waals surface area contributed by atoms with Crippen LogP contribution >= 0.6 is 0 Å². The molecule has 0 radical (unpaired) electrons. The number of nitrogens with zero attached hydrogens (tertiary/aromatic N) is 2. The predicted octanol–water partition coefficient (Wildman–Crippen LogP) is 4.44. The first-order valence-corrected chi connectivity index (χ1v) is 8.75. The third-order valence-electron chi connectivity index (χ3n) is 4.39. The molecule has 4 aromatic rings. The van der Waals surface area contributed by atoms with E-state index in [0.717, 1.165) is 39.2 Å². The Balaban J connectivity index is 1.74. The molecule has 0 spiro atoms. The van der Waals surface area contributed by atoms with E-state index in [2.05, 4.69) is 10.3 Å². The Morgan fingerprint density at radius 3 is 2.74 bits per heavy atom. The summed E-state index contributed by atoms with van der Waals surface area (Å²) in [5.74, 6) is 1.39. The molecule has 4 rings (SSSR count). The molecular weight excluding hydrogens is 338 g/mol. The summed E-state index contributed by atoms with van der Waals surface area (Å²) in [6, 6.07) is 15.3. The number of aromatic nitrogens is 2. The molecule has 0 aliphatic rings. The maximum Gasteiger partial charge on any atom is 0.252 e. The summed E-state index contributed by atoms with van der Waals surface area (Å²) >= 11 is 0. The van der Waals surface area contributed by atoms with Gasteiger partial charge in [0, 0.05) is 23.3 Å². The molecule has 0 saturated carbocycles. The summed E-state index contributed by atoms with van der Waals surface area (Å²) in [5.41, 5.74) is 4.04. The molecule has 1 aromatic carbocycles. The minimum atomic E-state index is -0.160. The molecule has 27 heavy (non-hydrogen) atoms. The maximum absolute atomic E-state index is 12.9. The number of pyridine rings is 2. The summed E-state index contributed by atoms with van der Waals surface area (Å²) < 4.78 is 5.53. The number of hydrogen-bond acceptors (Lipinski definition) is 4.